The van der Waals surface area contributed by atoms with E-state index >= 15 is 0 Å². The number of halogens is 3. The summed E-state index contributed by atoms with van der Waals surface area (Å²) in [4.78, 5) is 0. The van der Waals surface area contributed by atoms with Gasteiger partial charge in [0.05, 0.1) is 11.4 Å². The molecule has 1 aromatic rings. The van der Waals surface area contributed by atoms with Gasteiger partial charge in [-0.2, -0.15) is 13.2 Å². The van der Waals surface area contributed by atoms with E-state index in [0.717, 1.165) is 18.9 Å². The molecule has 1 fully saturated rings. The van der Waals surface area contributed by atoms with Crippen LogP contribution < -0.4 is 22.5 Å². The van der Waals surface area contributed by atoms with E-state index in [1.54, 1.807) is 0 Å². The van der Waals surface area contributed by atoms with Crippen LogP contribution in [0.15, 0.2) is 36.2 Å². The van der Waals surface area contributed by atoms with Crippen LogP contribution in [-0.4, -0.2) is 6.54 Å². The molecule has 0 spiro atoms. The van der Waals surface area contributed by atoms with Gasteiger partial charge < -0.3 is 22.5 Å². The number of hydrogen-bond acceptors (Lipinski definition) is 4. The lowest BCUT2D eigenvalue weighted by Crippen LogP contribution is -2.13. The maximum Gasteiger partial charge on any atom is 0.418 e. The molecule has 1 saturated carbocycles. The molecule has 0 radical (unpaired) electrons. The van der Waals surface area contributed by atoms with Crippen LogP contribution in [0.2, 0.25) is 0 Å². The van der Waals surface area contributed by atoms with Crippen molar-refractivity contribution in [2.45, 2.75) is 19.0 Å². The molecule has 0 aliphatic heterocycles. The summed E-state index contributed by atoms with van der Waals surface area (Å²) >= 11 is 0. The van der Waals surface area contributed by atoms with Crippen LogP contribution >= 0.6 is 0 Å². The minimum absolute atomic E-state index is 0.0398. The number of benzene rings is 1. The third-order valence-corrected chi connectivity index (χ3v) is 3.39. The Morgan fingerprint density at radius 3 is 2.41 bits per heavy atom. The Bertz CT molecular complexity index is 597. The van der Waals surface area contributed by atoms with Crippen LogP contribution in [0.5, 0.6) is 0 Å². The highest BCUT2D eigenvalue weighted by Crippen LogP contribution is 2.37. The van der Waals surface area contributed by atoms with Gasteiger partial charge in [0.2, 0.25) is 0 Å². The molecular weight excluding hydrogens is 293 g/mol. The minimum atomic E-state index is -4.41. The largest absolute Gasteiger partial charge is 0.418 e. The molecule has 1 aliphatic rings. The van der Waals surface area contributed by atoms with E-state index in [2.05, 4.69) is 5.32 Å². The second-order valence-corrected chi connectivity index (χ2v) is 5.37. The smallest absolute Gasteiger partial charge is 0.398 e. The topological polar surface area (TPSA) is 90.1 Å². The average molecular weight is 312 g/mol. The number of anilines is 1. The summed E-state index contributed by atoms with van der Waals surface area (Å²) in [6.07, 6.45) is 0.546. The fourth-order valence-corrected chi connectivity index (χ4v) is 1.98. The highest BCUT2D eigenvalue weighted by Gasteiger charge is 2.34. The van der Waals surface area contributed by atoms with Gasteiger partial charge in [0.1, 0.15) is 0 Å². The van der Waals surface area contributed by atoms with E-state index in [9.17, 15) is 13.2 Å². The molecule has 0 unspecified atom stereocenters. The molecule has 0 amide bonds. The first kappa shape index (κ1) is 16.1. The van der Waals surface area contributed by atoms with Gasteiger partial charge in [0.15, 0.2) is 0 Å². The van der Waals surface area contributed by atoms with Crippen molar-refractivity contribution in [3.05, 3.63) is 47.3 Å². The summed E-state index contributed by atoms with van der Waals surface area (Å²) in [5, 5.41) is 2.87. The number of hydrogen-bond donors (Lipinski definition) is 4. The average Bonchev–Trinajstić information content (AvgIpc) is 3.25. The Balaban J connectivity index is 2.30. The summed E-state index contributed by atoms with van der Waals surface area (Å²) < 4.78 is 39.1. The molecular formula is C15H19F3N4. The molecule has 22 heavy (non-hydrogen) atoms. The van der Waals surface area contributed by atoms with Crippen molar-refractivity contribution in [3.63, 3.8) is 0 Å². The molecule has 7 N–H and O–H groups in total. The lowest BCUT2D eigenvalue weighted by Gasteiger charge is -2.16. The second kappa shape index (κ2) is 6.21. The molecule has 1 aromatic carbocycles. The summed E-state index contributed by atoms with van der Waals surface area (Å²) in [6, 6.07) is 3.76. The predicted molar refractivity (Wildman–Crippen MR) is 81.3 cm³/mol. The number of nitrogens with one attached hydrogen (secondary N) is 1. The van der Waals surface area contributed by atoms with Gasteiger partial charge in [-0.25, -0.2) is 0 Å². The fourth-order valence-electron chi connectivity index (χ4n) is 1.98. The molecule has 4 nitrogen and oxygen atoms in total. The first-order valence-corrected chi connectivity index (χ1v) is 6.91. The molecule has 0 saturated heterocycles. The Morgan fingerprint density at radius 2 is 1.86 bits per heavy atom. The normalized spacial score (nSPS) is 15.5. The van der Waals surface area contributed by atoms with Crippen molar-refractivity contribution < 1.29 is 13.2 Å². The van der Waals surface area contributed by atoms with Crippen LogP contribution in [0.25, 0.3) is 5.70 Å². The van der Waals surface area contributed by atoms with E-state index in [-0.39, 0.29) is 17.2 Å². The first-order chi connectivity index (χ1) is 10.3. The molecule has 120 valence electrons. The summed E-state index contributed by atoms with van der Waals surface area (Å²) in [5.74, 6) is 0.527. The van der Waals surface area contributed by atoms with E-state index in [0.29, 0.717) is 18.0 Å². The molecule has 2 rings (SSSR count). The van der Waals surface area contributed by atoms with Crippen molar-refractivity contribution in [1.29, 1.82) is 0 Å². The predicted octanol–water partition coefficient (Wildman–Crippen LogP) is 2.59. The molecule has 0 atom stereocenters. The van der Waals surface area contributed by atoms with E-state index in [1.807, 2.05) is 0 Å². The number of nitrogens with two attached hydrogens (primary N) is 3. The Labute approximate surface area is 126 Å². The van der Waals surface area contributed by atoms with Gasteiger partial charge in [0, 0.05) is 17.9 Å². The number of alkyl halides is 3. The summed E-state index contributed by atoms with van der Waals surface area (Å²) in [6.45, 7) is 0.534. The van der Waals surface area contributed by atoms with Crippen LogP contribution in [0.1, 0.15) is 24.0 Å². The third kappa shape index (κ3) is 4.34. The molecule has 0 aromatic heterocycles. The number of rotatable bonds is 5. The zero-order valence-corrected chi connectivity index (χ0v) is 12.0. The SMILES string of the molecule is NC(N)=C/C=C(\N)c1ccc(C(F)(F)F)c(NCC2CC2)c1. The van der Waals surface area contributed by atoms with Crippen LogP contribution in [0.3, 0.4) is 0 Å². The summed E-state index contributed by atoms with van der Waals surface area (Å²) in [7, 11) is 0. The van der Waals surface area contributed by atoms with E-state index < -0.39 is 11.7 Å². The maximum atomic E-state index is 13.0. The van der Waals surface area contributed by atoms with Crippen molar-refractivity contribution in [2.24, 2.45) is 23.1 Å². The van der Waals surface area contributed by atoms with Crippen molar-refractivity contribution in [3.8, 4) is 0 Å². The maximum absolute atomic E-state index is 13.0. The van der Waals surface area contributed by atoms with E-state index in [4.69, 9.17) is 17.2 Å². The fraction of sp³-hybridized carbons (Fsp3) is 0.333. The van der Waals surface area contributed by atoms with Crippen LogP contribution in [-0.2, 0) is 6.18 Å². The summed E-state index contributed by atoms with van der Waals surface area (Å²) in [5.41, 5.74) is 16.5. The Morgan fingerprint density at radius 1 is 1.18 bits per heavy atom. The van der Waals surface area contributed by atoms with Crippen molar-refractivity contribution in [1.82, 2.24) is 0 Å². The highest BCUT2D eigenvalue weighted by molar-refractivity contribution is 5.69. The number of allylic oxidation sites excluding steroid dienone is 2. The standard InChI is InChI=1S/C15H19F3N4/c16-15(17,18)11-4-3-10(12(19)5-6-14(20)21)7-13(11)22-8-9-1-2-9/h3-7,9,22H,1-2,8,19-21H2/b12-5-. The van der Waals surface area contributed by atoms with Gasteiger partial charge >= 0.3 is 6.18 Å². The van der Waals surface area contributed by atoms with E-state index in [1.165, 1.54) is 24.3 Å². The quantitative estimate of drug-likeness (QED) is 0.629. The molecule has 0 bridgehead atoms. The zero-order chi connectivity index (χ0) is 16.3. The van der Waals surface area contributed by atoms with Gasteiger partial charge in [0.25, 0.3) is 0 Å². The van der Waals surface area contributed by atoms with Crippen LogP contribution in [0.4, 0.5) is 18.9 Å². The third-order valence-electron chi connectivity index (χ3n) is 3.39. The lowest BCUT2D eigenvalue weighted by molar-refractivity contribution is -0.136. The Kier molecular flexibility index (Phi) is 4.54. The van der Waals surface area contributed by atoms with Gasteiger partial charge in [-0.15, -0.1) is 0 Å². The minimum Gasteiger partial charge on any atom is -0.398 e. The van der Waals surface area contributed by atoms with Crippen molar-refractivity contribution in [2.75, 3.05) is 11.9 Å². The van der Waals surface area contributed by atoms with Crippen molar-refractivity contribution >= 4 is 11.4 Å². The Hall–Kier alpha value is -2.31. The first-order valence-electron chi connectivity index (χ1n) is 6.91. The van der Waals surface area contributed by atoms with Crippen LogP contribution in [0, 0.1) is 5.92 Å². The van der Waals surface area contributed by atoms with Gasteiger partial charge in [-0.05, 0) is 48.6 Å². The monoisotopic (exact) mass is 312 g/mol. The zero-order valence-electron chi connectivity index (χ0n) is 12.0. The lowest BCUT2D eigenvalue weighted by atomic mass is 10.1. The van der Waals surface area contributed by atoms with Gasteiger partial charge in [-0.1, -0.05) is 6.07 Å². The molecule has 0 heterocycles. The highest BCUT2D eigenvalue weighted by atomic mass is 19.4. The molecule has 1 aliphatic carbocycles. The van der Waals surface area contributed by atoms with Gasteiger partial charge in [-0.3, -0.25) is 0 Å². The molecule has 7 heteroatoms. The second-order valence-electron chi connectivity index (χ2n) is 5.37.